The van der Waals surface area contributed by atoms with Gasteiger partial charge in [-0.2, -0.15) is 4.98 Å². The molecule has 1 amide bonds. The van der Waals surface area contributed by atoms with E-state index in [1.807, 2.05) is 38.1 Å². The van der Waals surface area contributed by atoms with Gasteiger partial charge in [0, 0.05) is 43.3 Å². The number of amides is 1. The second-order valence-corrected chi connectivity index (χ2v) is 7.55. The molecule has 0 atom stereocenters. The molecule has 1 aliphatic rings. The third-order valence-corrected chi connectivity index (χ3v) is 5.52. The number of ether oxygens (including phenoxy) is 1. The Kier molecular flexibility index (Phi) is 4.61. The highest BCUT2D eigenvalue weighted by atomic mass is 16.5. The molecule has 0 N–H and O–H groups in total. The van der Waals surface area contributed by atoms with Crippen LogP contribution in [0, 0.1) is 13.8 Å². The highest BCUT2D eigenvalue weighted by Gasteiger charge is 2.26. The van der Waals surface area contributed by atoms with E-state index < -0.39 is 0 Å². The quantitative estimate of drug-likeness (QED) is 0.495. The van der Waals surface area contributed by atoms with E-state index in [1.165, 1.54) is 6.33 Å². The van der Waals surface area contributed by atoms with Crippen LogP contribution < -0.4 is 9.64 Å². The molecule has 0 aliphatic carbocycles. The van der Waals surface area contributed by atoms with Gasteiger partial charge in [0.15, 0.2) is 0 Å². The van der Waals surface area contributed by atoms with Gasteiger partial charge in [-0.15, -0.1) is 5.10 Å². The van der Waals surface area contributed by atoms with Crippen molar-refractivity contribution < 1.29 is 9.53 Å². The van der Waals surface area contributed by atoms with Crippen molar-refractivity contribution in [3.8, 4) is 5.88 Å². The molecule has 0 unspecified atom stereocenters. The number of aryl methyl sites for hydroxylation is 2. The van der Waals surface area contributed by atoms with E-state index in [-0.39, 0.29) is 11.7 Å². The minimum atomic E-state index is -0.171. The predicted molar refractivity (Wildman–Crippen MR) is 114 cm³/mol. The largest absolute Gasteiger partial charge is 0.480 e. The SMILES string of the molecule is COc1ncnc2ccc(N3CCN(C(=O)c4nc5nc(C)cc(C)n5n4)CC3)cc12. The lowest BCUT2D eigenvalue weighted by atomic mass is 10.2. The Bertz CT molecular complexity index is 1290. The number of piperazine rings is 1. The minimum Gasteiger partial charge on any atom is -0.480 e. The van der Waals surface area contributed by atoms with Crippen molar-refractivity contribution >= 4 is 28.3 Å². The molecular weight excluding hydrogens is 396 g/mol. The molecule has 1 fully saturated rings. The summed E-state index contributed by atoms with van der Waals surface area (Å²) in [7, 11) is 1.60. The topological polar surface area (TPSA) is 102 Å². The average Bonchev–Trinajstić information content (AvgIpc) is 3.22. The van der Waals surface area contributed by atoms with Gasteiger partial charge in [-0.25, -0.2) is 19.5 Å². The van der Waals surface area contributed by atoms with Gasteiger partial charge in [-0.3, -0.25) is 4.79 Å². The van der Waals surface area contributed by atoms with E-state index in [4.69, 9.17) is 4.74 Å². The molecule has 1 aromatic carbocycles. The van der Waals surface area contributed by atoms with Crippen molar-refractivity contribution in [3.05, 3.63) is 47.8 Å². The first-order valence-corrected chi connectivity index (χ1v) is 10.1. The van der Waals surface area contributed by atoms with Gasteiger partial charge in [0.2, 0.25) is 11.7 Å². The zero-order valence-electron chi connectivity index (χ0n) is 17.6. The first-order chi connectivity index (χ1) is 15.0. The molecule has 158 valence electrons. The molecule has 5 rings (SSSR count). The van der Waals surface area contributed by atoms with E-state index >= 15 is 0 Å². The van der Waals surface area contributed by atoms with Crippen LogP contribution in [0.5, 0.6) is 5.88 Å². The fourth-order valence-electron chi connectivity index (χ4n) is 3.95. The smallest absolute Gasteiger partial charge is 0.293 e. The van der Waals surface area contributed by atoms with E-state index in [2.05, 4.69) is 29.9 Å². The lowest BCUT2D eigenvalue weighted by Gasteiger charge is -2.35. The van der Waals surface area contributed by atoms with Crippen molar-refractivity contribution in [3.63, 3.8) is 0 Å². The van der Waals surface area contributed by atoms with Crippen LogP contribution in [0.15, 0.2) is 30.6 Å². The summed E-state index contributed by atoms with van der Waals surface area (Å²) in [6.07, 6.45) is 1.50. The molecule has 31 heavy (non-hydrogen) atoms. The Hall–Kier alpha value is -3.82. The maximum Gasteiger partial charge on any atom is 0.293 e. The number of fused-ring (bicyclic) bond motifs is 2. The van der Waals surface area contributed by atoms with Crippen LogP contribution in [0.3, 0.4) is 0 Å². The van der Waals surface area contributed by atoms with E-state index in [9.17, 15) is 4.79 Å². The minimum absolute atomic E-state index is 0.171. The maximum atomic E-state index is 13.0. The number of aromatic nitrogens is 6. The maximum absolute atomic E-state index is 13.0. The van der Waals surface area contributed by atoms with Gasteiger partial charge in [-0.05, 0) is 38.1 Å². The number of carbonyl (C=O) groups excluding carboxylic acids is 1. The second-order valence-electron chi connectivity index (χ2n) is 7.55. The van der Waals surface area contributed by atoms with Crippen molar-refractivity contribution in [2.45, 2.75) is 13.8 Å². The number of benzene rings is 1. The molecule has 4 aromatic rings. The monoisotopic (exact) mass is 418 g/mol. The molecule has 10 nitrogen and oxygen atoms in total. The summed E-state index contributed by atoms with van der Waals surface area (Å²) >= 11 is 0. The Balaban J connectivity index is 1.33. The number of rotatable bonds is 3. The van der Waals surface area contributed by atoms with Crippen LogP contribution in [0.1, 0.15) is 22.0 Å². The molecule has 1 aliphatic heterocycles. The van der Waals surface area contributed by atoms with Gasteiger partial charge in [-0.1, -0.05) is 0 Å². The van der Waals surface area contributed by atoms with E-state index in [1.54, 1.807) is 16.5 Å². The van der Waals surface area contributed by atoms with Gasteiger partial charge >= 0.3 is 0 Å². The van der Waals surface area contributed by atoms with Gasteiger partial charge in [0.25, 0.3) is 11.7 Å². The second kappa shape index (κ2) is 7.46. The van der Waals surface area contributed by atoms with Crippen LogP contribution in [-0.4, -0.2) is 73.6 Å². The van der Waals surface area contributed by atoms with Gasteiger partial charge < -0.3 is 14.5 Å². The van der Waals surface area contributed by atoms with Crippen molar-refractivity contribution in [2.24, 2.45) is 0 Å². The lowest BCUT2D eigenvalue weighted by molar-refractivity contribution is 0.0734. The number of nitrogens with zero attached hydrogens (tertiary/aromatic N) is 8. The molecule has 0 saturated carbocycles. The Morgan fingerprint density at radius 1 is 1.03 bits per heavy atom. The summed E-state index contributed by atoms with van der Waals surface area (Å²) in [4.78, 5) is 34.2. The Morgan fingerprint density at radius 2 is 1.84 bits per heavy atom. The summed E-state index contributed by atoms with van der Waals surface area (Å²) in [5.74, 6) is 1.02. The molecule has 4 heterocycles. The lowest BCUT2D eigenvalue weighted by Crippen LogP contribution is -2.49. The normalized spacial score (nSPS) is 14.4. The van der Waals surface area contributed by atoms with E-state index in [0.29, 0.717) is 37.8 Å². The van der Waals surface area contributed by atoms with Crippen LogP contribution in [0.2, 0.25) is 0 Å². The summed E-state index contributed by atoms with van der Waals surface area (Å²) in [5.41, 5.74) is 3.63. The summed E-state index contributed by atoms with van der Waals surface area (Å²) < 4.78 is 6.98. The Morgan fingerprint density at radius 3 is 2.61 bits per heavy atom. The number of carbonyl (C=O) groups is 1. The zero-order chi connectivity index (χ0) is 21.5. The fraction of sp³-hybridized carbons (Fsp3) is 0.333. The average molecular weight is 418 g/mol. The molecule has 3 aromatic heterocycles. The predicted octanol–water partition coefficient (Wildman–Crippen LogP) is 1.66. The summed E-state index contributed by atoms with van der Waals surface area (Å²) in [6.45, 7) is 6.40. The third-order valence-electron chi connectivity index (χ3n) is 5.52. The van der Waals surface area contributed by atoms with Crippen molar-refractivity contribution in [1.82, 2.24) is 34.4 Å². The molecule has 0 spiro atoms. The first-order valence-electron chi connectivity index (χ1n) is 10.1. The highest BCUT2D eigenvalue weighted by Crippen LogP contribution is 2.27. The molecule has 0 bridgehead atoms. The third kappa shape index (κ3) is 3.39. The first kappa shape index (κ1) is 19.2. The van der Waals surface area contributed by atoms with Crippen LogP contribution in [0.4, 0.5) is 5.69 Å². The van der Waals surface area contributed by atoms with Crippen LogP contribution in [0.25, 0.3) is 16.7 Å². The Labute approximate surface area is 178 Å². The number of hydrogen-bond acceptors (Lipinski definition) is 8. The van der Waals surface area contributed by atoms with E-state index in [0.717, 1.165) is 28.0 Å². The highest BCUT2D eigenvalue weighted by molar-refractivity contribution is 5.91. The summed E-state index contributed by atoms with van der Waals surface area (Å²) in [6, 6.07) is 7.95. The molecule has 0 radical (unpaired) electrons. The number of anilines is 1. The van der Waals surface area contributed by atoms with Gasteiger partial charge in [0.05, 0.1) is 18.0 Å². The number of methoxy groups -OCH3 is 1. The van der Waals surface area contributed by atoms with Crippen molar-refractivity contribution in [2.75, 3.05) is 38.2 Å². The van der Waals surface area contributed by atoms with Crippen molar-refractivity contribution in [1.29, 1.82) is 0 Å². The van der Waals surface area contributed by atoms with Gasteiger partial charge in [0.1, 0.15) is 6.33 Å². The van der Waals surface area contributed by atoms with Crippen LogP contribution >= 0.6 is 0 Å². The molecular formula is C21H22N8O2. The number of hydrogen-bond donors (Lipinski definition) is 0. The molecule has 1 saturated heterocycles. The van der Waals surface area contributed by atoms with Crippen LogP contribution in [-0.2, 0) is 0 Å². The standard InChI is InChI=1S/C21H22N8O2/c1-13-10-14(2)29-21(24-13)25-18(26-29)20(30)28-8-6-27(7-9-28)15-4-5-17-16(11-15)19(31-3)23-12-22-17/h4-5,10-12H,6-9H2,1-3H3. The molecule has 10 heteroatoms. The zero-order valence-corrected chi connectivity index (χ0v) is 17.6. The summed E-state index contributed by atoms with van der Waals surface area (Å²) in [5, 5.41) is 5.24. The fourth-order valence-corrected chi connectivity index (χ4v) is 3.95.